The molecule has 1 amide bonds. The van der Waals surface area contributed by atoms with Gasteiger partial charge in [0, 0.05) is 11.3 Å². The SMILES string of the molecule is O=C1Nc2ccccc2[C@]12CCN[C@@H]2c1cc(F)ccc1F. The second kappa shape index (κ2) is 4.61. The molecule has 2 atom stereocenters. The molecular weight excluding hydrogens is 286 g/mol. The molecule has 1 fully saturated rings. The van der Waals surface area contributed by atoms with Crippen molar-refractivity contribution in [3.05, 3.63) is 65.2 Å². The van der Waals surface area contributed by atoms with Gasteiger partial charge in [-0.2, -0.15) is 0 Å². The van der Waals surface area contributed by atoms with Crippen LogP contribution in [0.3, 0.4) is 0 Å². The largest absolute Gasteiger partial charge is 0.325 e. The van der Waals surface area contributed by atoms with Crippen molar-refractivity contribution in [3.63, 3.8) is 0 Å². The molecule has 5 heteroatoms. The van der Waals surface area contributed by atoms with Gasteiger partial charge in [0.1, 0.15) is 11.6 Å². The van der Waals surface area contributed by atoms with Gasteiger partial charge in [0.15, 0.2) is 0 Å². The van der Waals surface area contributed by atoms with Crippen molar-refractivity contribution in [2.24, 2.45) is 0 Å². The third kappa shape index (κ3) is 1.66. The van der Waals surface area contributed by atoms with E-state index in [0.29, 0.717) is 13.0 Å². The number of hydrogen-bond donors (Lipinski definition) is 2. The molecule has 0 unspecified atom stereocenters. The minimum Gasteiger partial charge on any atom is -0.325 e. The fraction of sp³-hybridized carbons (Fsp3) is 0.235. The van der Waals surface area contributed by atoms with Crippen LogP contribution < -0.4 is 10.6 Å². The van der Waals surface area contributed by atoms with Crippen LogP contribution in [0.25, 0.3) is 0 Å². The maximum absolute atomic E-state index is 14.2. The fourth-order valence-electron chi connectivity index (χ4n) is 3.72. The molecule has 3 nitrogen and oxygen atoms in total. The Labute approximate surface area is 126 Å². The summed E-state index contributed by atoms with van der Waals surface area (Å²) in [5, 5.41) is 6.05. The molecule has 1 saturated heterocycles. The van der Waals surface area contributed by atoms with Crippen LogP contribution >= 0.6 is 0 Å². The molecule has 0 radical (unpaired) electrons. The summed E-state index contributed by atoms with van der Waals surface area (Å²) < 4.78 is 27.8. The van der Waals surface area contributed by atoms with Gasteiger partial charge in [-0.1, -0.05) is 18.2 Å². The van der Waals surface area contributed by atoms with Gasteiger partial charge in [0.25, 0.3) is 0 Å². The number of nitrogens with one attached hydrogen (secondary N) is 2. The van der Waals surface area contributed by atoms with Gasteiger partial charge in [-0.05, 0) is 42.8 Å². The Morgan fingerprint density at radius 1 is 1.14 bits per heavy atom. The van der Waals surface area contributed by atoms with E-state index in [9.17, 15) is 13.6 Å². The first-order valence-electron chi connectivity index (χ1n) is 7.22. The highest BCUT2D eigenvalue weighted by Crippen LogP contribution is 2.51. The van der Waals surface area contributed by atoms with Crippen molar-refractivity contribution in [3.8, 4) is 0 Å². The number of hydrogen-bond acceptors (Lipinski definition) is 2. The first kappa shape index (κ1) is 13.4. The smallest absolute Gasteiger partial charge is 0.237 e. The van der Waals surface area contributed by atoms with E-state index < -0.39 is 23.1 Å². The number of carbonyl (C=O) groups is 1. The molecule has 2 aromatic carbocycles. The number of halogens is 2. The quantitative estimate of drug-likeness (QED) is 0.850. The van der Waals surface area contributed by atoms with Crippen molar-refractivity contribution in [1.29, 1.82) is 0 Å². The predicted molar refractivity (Wildman–Crippen MR) is 78.5 cm³/mol. The first-order valence-corrected chi connectivity index (χ1v) is 7.22. The number of anilines is 1. The molecule has 2 N–H and O–H groups in total. The van der Waals surface area contributed by atoms with Gasteiger partial charge in [0.2, 0.25) is 5.91 Å². The van der Waals surface area contributed by atoms with Crippen LogP contribution in [0.2, 0.25) is 0 Å². The number of fused-ring (bicyclic) bond motifs is 2. The van der Waals surface area contributed by atoms with E-state index in [1.807, 2.05) is 24.3 Å². The van der Waals surface area contributed by atoms with E-state index in [1.54, 1.807) is 0 Å². The van der Waals surface area contributed by atoms with Crippen molar-refractivity contribution >= 4 is 11.6 Å². The Morgan fingerprint density at radius 3 is 2.82 bits per heavy atom. The van der Waals surface area contributed by atoms with Gasteiger partial charge in [-0.3, -0.25) is 4.79 Å². The normalized spacial score (nSPS) is 26.3. The van der Waals surface area contributed by atoms with Crippen LogP contribution in [-0.2, 0) is 10.2 Å². The van der Waals surface area contributed by atoms with Crippen LogP contribution in [0.5, 0.6) is 0 Å². The van der Waals surface area contributed by atoms with Crippen molar-refractivity contribution in [1.82, 2.24) is 5.32 Å². The third-order valence-electron chi connectivity index (χ3n) is 4.69. The van der Waals surface area contributed by atoms with Crippen molar-refractivity contribution in [2.75, 3.05) is 11.9 Å². The molecule has 22 heavy (non-hydrogen) atoms. The Hall–Kier alpha value is -2.27. The predicted octanol–water partition coefficient (Wildman–Crippen LogP) is 2.89. The van der Waals surface area contributed by atoms with Crippen LogP contribution in [0.15, 0.2) is 42.5 Å². The topological polar surface area (TPSA) is 41.1 Å². The molecule has 2 heterocycles. The molecule has 2 aliphatic rings. The molecule has 4 rings (SSSR count). The summed E-state index contributed by atoms with van der Waals surface area (Å²) in [6, 6.07) is 10.2. The monoisotopic (exact) mass is 300 g/mol. The first-order chi connectivity index (χ1) is 10.6. The van der Waals surface area contributed by atoms with Gasteiger partial charge >= 0.3 is 0 Å². The lowest BCUT2D eigenvalue weighted by Crippen LogP contribution is -2.40. The number of rotatable bonds is 1. The van der Waals surface area contributed by atoms with E-state index >= 15 is 0 Å². The zero-order chi connectivity index (χ0) is 15.3. The summed E-state index contributed by atoms with van der Waals surface area (Å²) in [6.45, 7) is 0.572. The summed E-state index contributed by atoms with van der Waals surface area (Å²) in [4.78, 5) is 12.7. The molecule has 0 saturated carbocycles. The second-order valence-electron chi connectivity index (χ2n) is 5.77. The maximum Gasteiger partial charge on any atom is 0.237 e. The van der Waals surface area contributed by atoms with Crippen molar-refractivity contribution in [2.45, 2.75) is 17.9 Å². The zero-order valence-corrected chi connectivity index (χ0v) is 11.7. The van der Waals surface area contributed by atoms with Crippen LogP contribution in [0, 0.1) is 11.6 Å². The molecule has 1 spiro atoms. The van der Waals surface area contributed by atoms with Crippen molar-refractivity contribution < 1.29 is 13.6 Å². The van der Waals surface area contributed by atoms with Gasteiger partial charge in [-0.15, -0.1) is 0 Å². The van der Waals surface area contributed by atoms with Gasteiger partial charge in [-0.25, -0.2) is 8.78 Å². The summed E-state index contributed by atoms with van der Waals surface area (Å²) >= 11 is 0. The molecule has 0 aromatic heterocycles. The van der Waals surface area contributed by atoms with E-state index in [0.717, 1.165) is 23.4 Å². The minimum atomic E-state index is -0.884. The summed E-state index contributed by atoms with van der Waals surface area (Å²) in [5.74, 6) is -1.17. The highest BCUT2D eigenvalue weighted by Gasteiger charge is 2.55. The van der Waals surface area contributed by atoms with Crippen LogP contribution in [0.1, 0.15) is 23.6 Å². The van der Waals surface area contributed by atoms with E-state index in [4.69, 9.17) is 0 Å². The minimum absolute atomic E-state index is 0.160. The third-order valence-corrected chi connectivity index (χ3v) is 4.69. The number of para-hydroxylation sites is 1. The highest BCUT2D eigenvalue weighted by molar-refractivity contribution is 6.07. The van der Waals surface area contributed by atoms with E-state index in [1.165, 1.54) is 6.07 Å². The van der Waals surface area contributed by atoms with Gasteiger partial charge < -0.3 is 10.6 Å². The Morgan fingerprint density at radius 2 is 1.95 bits per heavy atom. The fourth-order valence-corrected chi connectivity index (χ4v) is 3.72. The number of amides is 1. The molecule has 0 aliphatic carbocycles. The molecule has 2 aliphatic heterocycles. The lowest BCUT2D eigenvalue weighted by atomic mass is 9.73. The molecular formula is C17H14F2N2O. The van der Waals surface area contributed by atoms with Gasteiger partial charge in [0.05, 0.1) is 11.5 Å². The maximum atomic E-state index is 14.2. The average Bonchev–Trinajstić information content (AvgIpc) is 3.06. The average molecular weight is 300 g/mol. The molecule has 112 valence electrons. The number of carbonyl (C=O) groups excluding carboxylic acids is 1. The number of benzene rings is 2. The Bertz CT molecular complexity index is 777. The lowest BCUT2D eigenvalue weighted by molar-refractivity contribution is -0.121. The van der Waals surface area contributed by atoms with Crippen LogP contribution in [-0.4, -0.2) is 12.5 Å². The zero-order valence-electron chi connectivity index (χ0n) is 11.7. The summed E-state index contributed by atoms with van der Waals surface area (Å²) in [5.41, 5.74) is 0.909. The standard InChI is InChI=1S/C17H14F2N2O/c18-10-5-6-13(19)11(9-10)15-17(7-8-20-15)12-3-1-2-4-14(12)21-16(17)22/h1-6,9,15,20H,7-8H2,(H,21,22)/t15-,17+/m1/s1. The summed E-state index contributed by atoms with van der Waals surface area (Å²) in [6.07, 6.45) is 0.552. The highest BCUT2D eigenvalue weighted by atomic mass is 19.1. The second-order valence-corrected chi connectivity index (χ2v) is 5.77. The van der Waals surface area contributed by atoms with Crippen LogP contribution in [0.4, 0.5) is 14.5 Å². The molecule has 2 aromatic rings. The lowest BCUT2D eigenvalue weighted by Gasteiger charge is -2.29. The molecule has 0 bridgehead atoms. The van der Waals surface area contributed by atoms with E-state index in [-0.39, 0.29) is 11.5 Å². The van der Waals surface area contributed by atoms with E-state index in [2.05, 4.69) is 10.6 Å². The Kier molecular flexibility index (Phi) is 2.81. The summed E-state index contributed by atoms with van der Waals surface area (Å²) in [7, 11) is 0. The Balaban J connectivity index is 1.91.